The molecule has 0 spiro atoms. The van der Waals surface area contributed by atoms with Crippen LogP contribution in [0.5, 0.6) is 5.88 Å². The summed E-state index contributed by atoms with van der Waals surface area (Å²) in [6.45, 7) is 0.467. The average molecular weight is 457 g/mol. The second-order valence-electron chi connectivity index (χ2n) is 6.90. The first kappa shape index (κ1) is 22.8. The second-order valence-corrected chi connectivity index (χ2v) is 7.30. The predicted octanol–water partition coefficient (Wildman–Crippen LogP) is 3.07. The topological polar surface area (TPSA) is 74.8 Å². The highest BCUT2D eigenvalue weighted by atomic mass is 35.5. The van der Waals surface area contributed by atoms with Crippen LogP contribution in [0.2, 0.25) is 5.02 Å². The van der Waals surface area contributed by atoms with Gasteiger partial charge < -0.3 is 15.0 Å². The molecule has 166 valence electrons. The van der Waals surface area contributed by atoms with Gasteiger partial charge >= 0.3 is 6.18 Å². The number of nitrogens with zero attached hydrogens (tertiary/aromatic N) is 3. The molecule has 1 aliphatic heterocycles. The lowest BCUT2D eigenvalue weighted by Crippen LogP contribution is -2.50. The van der Waals surface area contributed by atoms with E-state index in [-0.39, 0.29) is 34.8 Å². The van der Waals surface area contributed by atoms with Crippen LogP contribution in [0.1, 0.15) is 10.4 Å². The fraction of sp³-hybridized carbons (Fsp3) is 0.350. The van der Waals surface area contributed by atoms with Crippen LogP contribution in [0.4, 0.5) is 18.9 Å². The Morgan fingerprint density at radius 1 is 1.13 bits per heavy atom. The van der Waals surface area contributed by atoms with E-state index in [2.05, 4.69) is 15.0 Å². The van der Waals surface area contributed by atoms with Crippen molar-refractivity contribution in [1.29, 1.82) is 0 Å². The lowest BCUT2D eigenvalue weighted by molar-refractivity contribution is -0.154. The van der Waals surface area contributed by atoms with Gasteiger partial charge in [0.15, 0.2) is 6.61 Å². The summed E-state index contributed by atoms with van der Waals surface area (Å²) in [5, 5.41) is 2.64. The first-order valence-electron chi connectivity index (χ1n) is 9.43. The van der Waals surface area contributed by atoms with E-state index in [0.29, 0.717) is 31.9 Å². The van der Waals surface area contributed by atoms with Crippen molar-refractivity contribution in [3.8, 4) is 5.88 Å². The smallest absolute Gasteiger partial charge is 0.422 e. The second kappa shape index (κ2) is 9.97. The van der Waals surface area contributed by atoms with Gasteiger partial charge in [-0.05, 0) is 18.2 Å². The largest absolute Gasteiger partial charge is 0.467 e. The molecule has 0 radical (unpaired) electrons. The fourth-order valence-corrected chi connectivity index (χ4v) is 3.24. The molecule has 7 nitrogen and oxygen atoms in total. The molecular weight excluding hydrogens is 437 g/mol. The Morgan fingerprint density at radius 2 is 1.81 bits per heavy atom. The van der Waals surface area contributed by atoms with Crippen molar-refractivity contribution in [2.75, 3.05) is 44.6 Å². The Bertz CT molecular complexity index is 920. The number of hydrogen-bond donors (Lipinski definition) is 1. The van der Waals surface area contributed by atoms with E-state index >= 15 is 0 Å². The lowest BCUT2D eigenvalue weighted by atomic mass is 10.2. The van der Waals surface area contributed by atoms with Crippen LogP contribution in [0.25, 0.3) is 0 Å². The van der Waals surface area contributed by atoms with E-state index in [4.69, 9.17) is 11.6 Å². The number of anilines is 1. The minimum atomic E-state index is -4.52. The van der Waals surface area contributed by atoms with Crippen molar-refractivity contribution in [2.45, 2.75) is 6.18 Å². The molecule has 2 amide bonds. The Morgan fingerprint density at radius 3 is 2.42 bits per heavy atom. The number of rotatable bonds is 6. The minimum absolute atomic E-state index is 0.142. The fourth-order valence-electron chi connectivity index (χ4n) is 3.02. The van der Waals surface area contributed by atoms with Gasteiger partial charge in [-0.15, -0.1) is 0 Å². The first-order chi connectivity index (χ1) is 14.7. The number of para-hydroxylation sites is 1. The van der Waals surface area contributed by atoms with Gasteiger partial charge in [-0.2, -0.15) is 13.2 Å². The molecule has 11 heteroatoms. The molecule has 0 unspecified atom stereocenters. The van der Waals surface area contributed by atoms with E-state index in [0.717, 1.165) is 6.20 Å². The van der Waals surface area contributed by atoms with Crippen molar-refractivity contribution < 1.29 is 27.5 Å². The third-order valence-corrected chi connectivity index (χ3v) is 4.78. The van der Waals surface area contributed by atoms with Gasteiger partial charge in [0.05, 0.1) is 12.1 Å². The maximum Gasteiger partial charge on any atom is 0.422 e. The quantitative estimate of drug-likeness (QED) is 0.723. The number of piperazine rings is 1. The summed E-state index contributed by atoms with van der Waals surface area (Å²) < 4.78 is 41.3. The number of hydrogen-bond acceptors (Lipinski definition) is 5. The van der Waals surface area contributed by atoms with Gasteiger partial charge in [0, 0.05) is 38.1 Å². The van der Waals surface area contributed by atoms with Crippen molar-refractivity contribution in [3.63, 3.8) is 0 Å². The van der Waals surface area contributed by atoms with Crippen LogP contribution < -0.4 is 10.1 Å². The Hall–Kier alpha value is -2.85. The monoisotopic (exact) mass is 456 g/mol. The van der Waals surface area contributed by atoms with Crippen LogP contribution in [0.3, 0.4) is 0 Å². The van der Waals surface area contributed by atoms with Gasteiger partial charge in [0.25, 0.3) is 5.91 Å². The maximum absolute atomic E-state index is 12.7. The molecule has 1 N–H and O–H groups in total. The van der Waals surface area contributed by atoms with Crippen LogP contribution >= 0.6 is 11.6 Å². The number of aromatic nitrogens is 1. The standard InChI is InChI=1S/C20H20ClF3N4O3/c21-16-10-14(11-25-18(16)31-13-20(22,23)24)19(30)28-8-6-27(7-9-28)12-17(29)26-15-4-2-1-3-5-15/h1-5,10-11H,6-9,12-13H2,(H,26,29). The number of carbonyl (C=O) groups excluding carboxylic acids is 2. The van der Waals surface area contributed by atoms with Gasteiger partial charge in [0.1, 0.15) is 5.02 Å². The molecule has 0 aliphatic carbocycles. The highest BCUT2D eigenvalue weighted by Gasteiger charge is 2.29. The van der Waals surface area contributed by atoms with Gasteiger partial charge in [-0.3, -0.25) is 14.5 Å². The number of alkyl halides is 3. The van der Waals surface area contributed by atoms with Crippen LogP contribution in [0.15, 0.2) is 42.6 Å². The van der Waals surface area contributed by atoms with Gasteiger partial charge in [0.2, 0.25) is 11.8 Å². The zero-order chi connectivity index (χ0) is 22.4. The third kappa shape index (κ3) is 6.83. The number of amides is 2. The van der Waals surface area contributed by atoms with Gasteiger partial charge in [-0.1, -0.05) is 29.8 Å². The van der Waals surface area contributed by atoms with Gasteiger partial charge in [-0.25, -0.2) is 4.98 Å². The van der Waals surface area contributed by atoms with Crippen LogP contribution in [-0.4, -0.2) is 72.1 Å². The van der Waals surface area contributed by atoms with E-state index in [1.807, 2.05) is 23.1 Å². The van der Waals surface area contributed by atoms with Crippen molar-refractivity contribution >= 4 is 29.1 Å². The zero-order valence-electron chi connectivity index (χ0n) is 16.4. The summed E-state index contributed by atoms with van der Waals surface area (Å²) >= 11 is 5.91. The molecule has 0 bridgehead atoms. The number of pyridine rings is 1. The summed E-state index contributed by atoms with van der Waals surface area (Å²) in [5.74, 6) is -0.869. The average Bonchev–Trinajstić information content (AvgIpc) is 2.73. The predicted molar refractivity (Wildman–Crippen MR) is 108 cm³/mol. The molecular formula is C20H20ClF3N4O3. The zero-order valence-corrected chi connectivity index (χ0v) is 17.1. The Labute approximate surface area is 181 Å². The highest BCUT2D eigenvalue weighted by Crippen LogP contribution is 2.25. The maximum atomic E-state index is 12.7. The lowest BCUT2D eigenvalue weighted by Gasteiger charge is -2.34. The summed E-state index contributed by atoms with van der Waals surface area (Å²) in [7, 11) is 0. The molecule has 1 aromatic carbocycles. The molecule has 3 rings (SSSR count). The minimum Gasteiger partial charge on any atom is -0.467 e. The van der Waals surface area contributed by atoms with E-state index in [9.17, 15) is 22.8 Å². The van der Waals surface area contributed by atoms with Crippen LogP contribution in [0, 0.1) is 0 Å². The highest BCUT2D eigenvalue weighted by molar-refractivity contribution is 6.32. The summed E-state index contributed by atoms with van der Waals surface area (Å²) in [6, 6.07) is 10.4. The van der Waals surface area contributed by atoms with Crippen molar-refractivity contribution in [3.05, 3.63) is 53.2 Å². The molecule has 0 atom stereocenters. The van der Waals surface area contributed by atoms with E-state index in [1.165, 1.54) is 6.07 Å². The third-order valence-electron chi connectivity index (χ3n) is 4.51. The number of halogens is 4. The Kier molecular flexibility index (Phi) is 7.34. The normalized spacial score (nSPS) is 14.9. The summed E-state index contributed by atoms with van der Waals surface area (Å²) in [5.41, 5.74) is 0.869. The van der Waals surface area contributed by atoms with Crippen molar-refractivity contribution in [2.24, 2.45) is 0 Å². The molecule has 1 fully saturated rings. The molecule has 2 aromatic rings. The molecule has 31 heavy (non-hydrogen) atoms. The molecule has 2 heterocycles. The number of ether oxygens (including phenoxy) is 1. The van der Waals surface area contributed by atoms with E-state index < -0.39 is 12.8 Å². The van der Waals surface area contributed by atoms with Crippen molar-refractivity contribution in [1.82, 2.24) is 14.8 Å². The number of benzene rings is 1. The molecule has 1 saturated heterocycles. The summed E-state index contributed by atoms with van der Waals surface area (Å²) in [4.78, 5) is 32.1. The Balaban J connectivity index is 1.49. The number of carbonyl (C=O) groups is 2. The SMILES string of the molecule is O=C(CN1CCN(C(=O)c2cnc(OCC(F)(F)F)c(Cl)c2)CC1)Nc1ccccc1. The molecule has 0 saturated carbocycles. The van der Waals surface area contributed by atoms with E-state index in [1.54, 1.807) is 17.0 Å². The summed E-state index contributed by atoms with van der Waals surface area (Å²) in [6.07, 6.45) is -3.38. The first-order valence-corrected chi connectivity index (χ1v) is 9.81. The molecule has 1 aromatic heterocycles. The number of nitrogens with one attached hydrogen (secondary N) is 1. The molecule has 1 aliphatic rings. The van der Waals surface area contributed by atoms with Crippen LogP contribution in [-0.2, 0) is 4.79 Å².